The maximum absolute atomic E-state index is 6.61. The average molecular weight is 411 g/mol. The van der Waals surface area contributed by atoms with Crippen LogP contribution in [0.25, 0.3) is 10.9 Å². The van der Waals surface area contributed by atoms with Gasteiger partial charge in [-0.05, 0) is 32.9 Å². The summed E-state index contributed by atoms with van der Waals surface area (Å²) < 4.78 is 22.8. The number of pyridine rings is 1. The first-order valence-electron chi connectivity index (χ1n) is 9.44. The Labute approximate surface area is 172 Å². The van der Waals surface area contributed by atoms with Crippen molar-refractivity contribution in [3.63, 3.8) is 0 Å². The largest absolute Gasteiger partial charge is 0.491 e. The summed E-state index contributed by atoms with van der Waals surface area (Å²) >= 11 is 6.61. The second-order valence-electron chi connectivity index (χ2n) is 6.63. The Bertz CT molecular complexity index is 764. The SMILES string of the molecule is C.CCOc1cc(OC(C)C)c2ccc(OCCN3CCOCC3)c(Cl)c2n1. The van der Waals surface area contributed by atoms with E-state index >= 15 is 0 Å². The van der Waals surface area contributed by atoms with E-state index in [1.807, 2.05) is 32.9 Å². The second kappa shape index (κ2) is 10.7. The molecule has 1 aromatic heterocycles. The number of halogens is 1. The Hall–Kier alpha value is -1.76. The highest BCUT2D eigenvalue weighted by atomic mass is 35.5. The van der Waals surface area contributed by atoms with Crippen LogP contribution in [0.2, 0.25) is 5.02 Å². The summed E-state index contributed by atoms with van der Waals surface area (Å²) in [5.41, 5.74) is 0.627. The molecule has 1 fully saturated rings. The van der Waals surface area contributed by atoms with Gasteiger partial charge in [-0.25, -0.2) is 4.98 Å². The van der Waals surface area contributed by atoms with Gasteiger partial charge >= 0.3 is 0 Å². The van der Waals surface area contributed by atoms with E-state index < -0.39 is 0 Å². The van der Waals surface area contributed by atoms with E-state index in [1.54, 1.807) is 6.07 Å². The lowest BCUT2D eigenvalue weighted by atomic mass is 10.2. The van der Waals surface area contributed by atoms with Gasteiger partial charge < -0.3 is 18.9 Å². The van der Waals surface area contributed by atoms with E-state index in [0.717, 1.165) is 38.2 Å². The molecule has 0 saturated carbocycles. The molecular weight excluding hydrogens is 380 g/mol. The minimum absolute atomic E-state index is 0. The van der Waals surface area contributed by atoms with Crippen LogP contribution < -0.4 is 14.2 Å². The van der Waals surface area contributed by atoms with Crippen LogP contribution in [0, 0.1) is 0 Å². The van der Waals surface area contributed by atoms with Gasteiger partial charge in [-0.2, -0.15) is 0 Å². The Morgan fingerprint density at radius 1 is 1.18 bits per heavy atom. The number of hydrogen-bond donors (Lipinski definition) is 0. The van der Waals surface area contributed by atoms with E-state index in [9.17, 15) is 0 Å². The Balaban J connectivity index is 0.00000280. The zero-order chi connectivity index (χ0) is 19.2. The number of benzene rings is 1. The van der Waals surface area contributed by atoms with E-state index in [2.05, 4.69) is 9.88 Å². The van der Waals surface area contributed by atoms with E-state index in [4.69, 9.17) is 30.5 Å². The third-order valence-corrected chi connectivity index (χ3v) is 4.61. The van der Waals surface area contributed by atoms with Crippen molar-refractivity contribution in [2.24, 2.45) is 0 Å². The summed E-state index contributed by atoms with van der Waals surface area (Å²) in [6.45, 7) is 11.2. The van der Waals surface area contributed by atoms with Crippen LogP contribution in [0.5, 0.6) is 17.4 Å². The quantitative estimate of drug-likeness (QED) is 0.642. The topological polar surface area (TPSA) is 53.0 Å². The van der Waals surface area contributed by atoms with Crippen molar-refractivity contribution in [1.82, 2.24) is 9.88 Å². The standard InChI is InChI=1S/C20H27ClN2O4.CH4/c1-4-25-18-13-17(27-14(2)3)15-5-6-16(19(21)20(15)22-18)26-12-9-23-7-10-24-11-8-23;/h5-6,13-14H,4,7-12H2,1-3H3;1H4. The van der Waals surface area contributed by atoms with Crippen LogP contribution in [-0.4, -0.2) is 62.0 Å². The lowest BCUT2D eigenvalue weighted by molar-refractivity contribution is 0.0322. The number of aromatic nitrogens is 1. The van der Waals surface area contributed by atoms with Crippen LogP contribution in [0.3, 0.4) is 0 Å². The van der Waals surface area contributed by atoms with E-state index in [-0.39, 0.29) is 13.5 Å². The number of rotatable bonds is 8. The number of hydrogen-bond acceptors (Lipinski definition) is 6. The van der Waals surface area contributed by atoms with Crippen LogP contribution >= 0.6 is 11.6 Å². The Kier molecular flexibility index (Phi) is 8.60. The molecule has 28 heavy (non-hydrogen) atoms. The molecule has 2 heterocycles. The zero-order valence-electron chi connectivity index (χ0n) is 16.2. The first-order chi connectivity index (χ1) is 13.1. The third kappa shape index (κ3) is 5.63. The van der Waals surface area contributed by atoms with Gasteiger partial charge in [0.1, 0.15) is 28.6 Å². The number of nitrogens with zero attached hydrogens (tertiary/aromatic N) is 2. The van der Waals surface area contributed by atoms with Crippen molar-refractivity contribution in [2.45, 2.75) is 34.3 Å². The lowest BCUT2D eigenvalue weighted by Gasteiger charge is -2.26. The van der Waals surface area contributed by atoms with Crippen molar-refractivity contribution in [3.05, 3.63) is 23.2 Å². The molecule has 1 aliphatic rings. The van der Waals surface area contributed by atoms with Crippen molar-refractivity contribution < 1.29 is 18.9 Å². The molecule has 2 aromatic rings. The average Bonchev–Trinajstić information content (AvgIpc) is 2.65. The van der Waals surface area contributed by atoms with Crippen LogP contribution in [-0.2, 0) is 4.74 Å². The van der Waals surface area contributed by atoms with Crippen molar-refractivity contribution in [3.8, 4) is 17.4 Å². The van der Waals surface area contributed by atoms with Crippen molar-refractivity contribution in [1.29, 1.82) is 0 Å². The molecule has 0 atom stereocenters. The fraction of sp³-hybridized carbons (Fsp3) is 0.571. The Morgan fingerprint density at radius 2 is 1.93 bits per heavy atom. The van der Waals surface area contributed by atoms with Gasteiger partial charge in [-0.1, -0.05) is 19.0 Å². The molecule has 0 unspecified atom stereocenters. The first kappa shape index (κ1) is 22.5. The van der Waals surface area contributed by atoms with Gasteiger partial charge in [0.15, 0.2) is 0 Å². The monoisotopic (exact) mass is 410 g/mol. The van der Waals surface area contributed by atoms with Gasteiger partial charge in [0, 0.05) is 31.1 Å². The minimum Gasteiger partial charge on any atom is -0.491 e. The molecule has 1 aromatic carbocycles. The summed E-state index contributed by atoms with van der Waals surface area (Å²) in [5.74, 6) is 1.82. The molecule has 0 N–H and O–H groups in total. The maximum Gasteiger partial charge on any atom is 0.217 e. The molecule has 0 aliphatic carbocycles. The minimum atomic E-state index is 0. The summed E-state index contributed by atoms with van der Waals surface area (Å²) in [6.07, 6.45) is 0.0355. The van der Waals surface area contributed by atoms with Crippen LogP contribution in [0.1, 0.15) is 28.2 Å². The van der Waals surface area contributed by atoms with Gasteiger partial charge in [0.05, 0.1) is 25.9 Å². The molecule has 6 nitrogen and oxygen atoms in total. The van der Waals surface area contributed by atoms with Gasteiger partial charge in [-0.15, -0.1) is 0 Å². The van der Waals surface area contributed by atoms with E-state index in [1.165, 1.54) is 0 Å². The highest BCUT2D eigenvalue weighted by Crippen LogP contribution is 2.38. The summed E-state index contributed by atoms with van der Waals surface area (Å²) in [4.78, 5) is 6.87. The Morgan fingerprint density at radius 3 is 2.61 bits per heavy atom. The molecule has 0 spiro atoms. The molecular formula is C21H31ClN2O4. The zero-order valence-corrected chi connectivity index (χ0v) is 16.9. The molecule has 7 heteroatoms. The highest BCUT2D eigenvalue weighted by Gasteiger charge is 2.16. The number of fused-ring (bicyclic) bond motifs is 1. The summed E-state index contributed by atoms with van der Waals surface area (Å²) in [5, 5.41) is 1.32. The molecule has 0 radical (unpaired) electrons. The lowest BCUT2D eigenvalue weighted by Crippen LogP contribution is -2.38. The van der Waals surface area contributed by atoms with Gasteiger partial charge in [0.2, 0.25) is 5.88 Å². The molecule has 0 amide bonds. The highest BCUT2D eigenvalue weighted by molar-refractivity contribution is 6.36. The van der Waals surface area contributed by atoms with Crippen molar-refractivity contribution >= 4 is 22.5 Å². The summed E-state index contributed by atoms with van der Waals surface area (Å²) in [6, 6.07) is 5.62. The molecule has 1 saturated heterocycles. The first-order valence-corrected chi connectivity index (χ1v) is 9.82. The van der Waals surface area contributed by atoms with Crippen molar-refractivity contribution in [2.75, 3.05) is 46.1 Å². The second-order valence-corrected chi connectivity index (χ2v) is 7.01. The summed E-state index contributed by atoms with van der Waals surface area (Å²) in [7, 11) is 0. The fourth-order valence-electron chi connectivity index (χ4n) is 2.98. The number of ether oxygens (including phenoxy) is 4. The third-order valence-electron chi connectivity index (χ3n) is 4.25. The molecule has 156 valence electrons. The number of morpholine rings is 1. The predicted molar refractivity (Wildman–Crippen MR) is 113 cm³/mol. The van der Waals surface area contributed by atoms with Crippen LogP contribution in [0.4, 0.5) is 0 Å². The van der Waals surface area contributed by atoms with Gasteiger partial charge in [-0.3, -0.25) is 4.90 Å². The predicted octanol–water partition coefficient (Wildman–Crippen LogP) is 4.42. The fourth-order valence-corrected chi connectivity index (χ4v) is 3.24. The van der Waals surface area contributed by atoms with E-state index in [0.29, 0.717) is 41.1 Å². The molecule has 3 rings (SSSR count). The smallest absolute Gasteiger partial charge is 0.217 e. The molecule has 0 bridgehead atoms. The molecule has 1 aliphatic heterocycles. The van der Waals surface area contributed by atoms with Gasteiger partial charge in [0.25, 0.3) is 0 Å². The maximum atomic E-state index is 6.61. The van der Waals surface area contributed by atoms with Crippen LogP contribution in [0.15, 0.2) is 18.2 Å². The normalized spacial score (nSPS) is 14.8.